The number of imidazole rings is 1. The topological polar surface area (TPSA) is 50.9 Å². The van der Waals surface area contributed by atoms with Gasteiger partial charge in [-0.3, -0.25) is 9.55 Å². The van der Waals surface area contributed by atoms with E-state index in [1.165, 1.54) is 0 Å². The van der Waals surface area contributed by atoms with Gasteiger partial charge in [-0.25, -0.2) is 4.98 Å². The second-order valence-electron chi connectivity index (χ2n) is 17.0. The third-order valence-electron chi connectivity index (χ3n) is 10.5. The highest BCUT2D eigenvalue weighted by Crippen LogP contribution is 2.44. The van der Waals surface area contributed by atoms with Gasteiger partial charge in [0.25, 0.3) is 0 Å². The van der Waals surface area contributed by atoms with E-state index in [2.05, 4.69) is 108 Å². The van der Waals surface area contributed by atoms with Crippen molar-refractivity contribution in [2.75, 3.05) is 0 Å². The fraction of sp³-hybridized carbons (Fsp3) is 0.208. The molecule has 0 amide bonds. The van der Waals surface area contributed by atoms with E-state index in [9.17, 15) is 5.11 Å². The van der Waals surface area contributed by atoms with Crippen LogP contribution in [0.2, 0.25) is 0 Å². The molecule has 0 saturated carbocycles. The molecule has 284 valence electrons. The van der Waals surface area contributed by atoms with Crippen molar-refractivity contribution >= 4 is 11.0 Å². The molecule has 4 nitrogen and oxygen atoms in total. The van der Waals surface area contributed by atoms with Gasteiger partial charge in [-0.2, -0.15) is 0 Å². The average molecular weight is 753 g/mol. The lowest BCUT2D eigenvalue weighted by Gasteiger charge is -2.23. The molecule has 0 saturated heterocycles. The first-order valence-corrected chi connectivity index (χ1v) is 19.3. The summed E-state index contributed by atoms with van der Waals surface area (Å²) in [5, 5.41) is 12.2. The summed E-state index contributed by atoms with van der Waals surface area (Å²) < 4.78 is 60.5. The number of benzene rings is 6. The summed E-state index contributed by atoms with van der Waals surface area (Å²) >= 11 is 0. The number of hydrogen-bond acceptors (Lipinski definition) is 3. The molecule has 0 aliphatic rings. The van der Waals surface area contributed by atoms with E-state index in [1.54, 1.807) is 18.3 Å². The van der Waals surface area contributed by atoms with Crippen LogP contribution in [-0.2, 0) is 10.8 Å². The van der Waals surface area contributed by atoms with Crippen LogP contribution < -0.4 is 0 Å². The summed E-state index contributed by atoms with van der Waals surface area (Å²) in [6.07, 6.45) is 1.57. The first-order valence-electron chi connectivity index (χ1n) is 22.8. The summed E-state index contributed by atoms with van der Waals surface area (Å²) in [5.74, 6) is 0.781. The van der Waals surface area contributed by atoms with E-state index < -0.39 is 36.6 Å². The lowest BCUT2D eigenvalue weighted by atomic mass is 9.83. The van der Waals surface area contributed by atoms with Gasteiger partial charge in [0, 0.05) is 32.6 Å². The lowest BCUT2D eigenvalue weighted by molar-refractivity contribution is 0.448. The molecule has 0 unspecified atom stereocenters. The predicted octanol–water partition coefficient (Wildman–Crippen LogP) is 14.0. The van der Waals surface area contributed by atoms with Crippen molar-refractivity contribution in [3.63, 3.8) is 0 Å². The van der Waals surface area contributed by atoms with Crippen LogP contribution in [0.15, 0.2) is 140 Å². The molecule has 0 fully saturated rings. The van der Waals surface area contributed by atoms with Gasteiger partial charge in [0.05, 0.1) is 33.5 Å². The van der Waals surface area contributed by atoms with Crippen LogP contribution in [0.5, 0.6) is 5.75 Å². The number of para-hydroxylation sites is 1. The smallest absolute Gasteiger partial charge is 0.149 e. The number of pyridine rings is 1. The molecule has 0 bridgehead atoms. The summed E-state index contributed by atoms with van der Waals surface area (Å²) in [7, 11) is 0. The molecule has 2 aromatic heterocycles. The van der Waals surface area contributed by atoms with E-state index in [4.69, 9.17) is 19.6 Å². The van der Waals surface area contributed by atoms with Crippen LogP contribution in [-0.4, -0.2) is 19.6 Å². The fourth-order valence-corrected chi connectivity index (χ4v) is 7.54. The van der Waals surface area contributed by atoms with Gasteiger partial charge in [-0.15, -0.1) is 0 Å². The number of aromatic nitrogens is 3. The number of fused-ring (bicyclic) bond motifs is 1. The van der Waals surface area contributed by atoms with Crippen molar-refractivity contribution in [1.82, 2.24) is 14.5 Å². The monoisotopic (exact) mass is 752 g/mol. The minimum absolute atomic E-state index is 0.00156. The standard InChI is InChI=1S/C53H51N3O/c1-33-18-21-36(22-19-33)38-24-25-54-46(32-38)40-29-39(30-41(31-40)52(4,5)6)42-16-13-17-48-49(42)55-51(44-27-35(3)28-45(50(44)57)53(7,8)9)56(48)47-23-20-34(2)26-43(47)37-14-11-10-12-15-37/h10-32,57H,1-9H3/i1D3,18D,19D,21D,22D. The highest BCUT2D eigenvalue weighted by molar-refractivity contribution is 5.98. The van der Waals surface area contributed by atoms with Crippen LogP contribution in [0.25, 0.3) is 72.7 Å². The van der Waals surface area contributed by atoms with Crippen molar-refractivity contribution in [2.45, 2.75) is 73.1 Å². The second-order valence-corrected chi connectivity index (χ2v) is 17.0. The highest BCUT2D eigenvalue weighted by atomic mass is 16.3. The molecule has 8 rings (SSSR count). The van der Waals surface area contributed by atoms with Crippen molar-refractivity contribution in [3.8, 4) is 67.5 Å². The van der Waals surface area contributed by atoms with Gasteiger partial charge in [0.1, 0.15) is 11.6 Å². The highest BCUT2D eigenvalue weighted by Gasteiger charge is 2.27. The van der Waals surface area contributed by atoms with Gasteiger partial charge in [-0.05, 0) is 113 Å². The summed E-state index contributed by atoms with van der Waals surface area (Å²) in [5.41, 5.74) is 11.3. The quantitative estimate of drug-likeness (QED) is 0.184. The van der Waals surface area contributed by atoms with E-state index in [0.29, 0.717) is 22.6 Å². The molecule has 1 N–H and O–H groups in total. The Bertz CT molecular complexity index is 3110. The van der Waals surface area contributed by atoms with Crippen LogP contribution in [0.1, 0.15) is 79.0 Å². The fourth-order valence-electron chi connectivity index (χ4n) is 7.54. The van der Waals surface area contributed by atoms with Crippen LogP contribution in [0.4, 0.5) is 0 Å². The third-order valence-corrected chi connectivity index (χ3v) is 10.5. The van der Waals surface area contributed by atoms with E-state index in [1.807, 2.05) is 49.4 Å². The Morgan fingerprint density at radius 2 is 1.33 bits per heavy atom. The van der Waals surface area contributed by atoms with E-state index >= 15 is 0 Å². The molecular formula is C53H51N3O. The number of phenols is 1. The normalized spacial score (nSPS) is 14.0. The molecule has 2 heterocycles. The van der Waals surface area contributed by atoms with E-state index in [0.717, 1.165) is 66.8 Å². The maximum Gasteiger partial charge on any atom is 0.149 e. The molecule has 8 aromatic rings. The zero-order valence-corrected chi connectivity index (χ0v) is 33.8. The minimum atomic E-state index is -2.81. The maximum absolute atomic E-state index is 12.2. The van der Waals surface area contributed by atoms with Gasteiger partial charge >= 0.3 is 0 Å². The van der Waals surface area contributed by atoms with Crippen molar-refractivity contribution in [1.29, 1.82) is 0 Å². The molecule has 0 spiro atoms. The molecule has 0 atom stereocenters. The van der Waals surface area contributed by atoms with Crippen molar-refractivity contribution in [3.05, 3.63) is 167 Å². The Morgan fingerprint density at radius 3 is 2.05 bits per heavy atom. The SMILES string of the molecule is [2H]c1c([2H])c(C([2H])([2H])[2H])c([2H])c([2H])c1-c1ccnc(-c2cc(-c3cccc4c3nc(-c3cc(C)cc(C(C)(C)C)c3O)n4-c3ccc(C)cc3-c3ccccc3)cc(C(C)(C)C)c2)c1. The summed E-state index contributed by atoms with van der Waals surface area (Å²) in [4.78, 5) is 10.2. The number of rotatable bonds is 6. The van der Waals surface area contributed by atoms with Crippen LogP contribution >= 0.6 is 0 Å². The first kappa shape index (κ1) is 30.0. The van der Waals surface area contributed by atoms with Crippen LogP contribution in [0.3, 0.4) is 0 Å². The molecule has 0 aliphatic carbocycles. The van der Waals surface area contributed by atoms with Crippen LogP contribution in [0, 0.1) is 20.7 Å². The van der Waals surface area contributed by atoms with Gasteiger partial charge in [0.2, 0.25) is 0 Å². The third kappa shape index (κ3) is 7.29. The Morgan fingerprint density at radius 1 is 0.596 bits per heavy atom. The molecule has 6 aromatic carbocycles. The summed E-state index contributed by atoms with van der Waals surface area (Å²) in [6, 6.07) is 34.5. The Balaban J connectivity index is 1.40. The maximum atomic E-state index is 12.2. The van der Waals surface area contributed by atoms with Gasteiger partial charge < -0.3 is 5.11 Å². The summed E-state index contributed by atoms with van der Waals surface area (Å²) in [6.45, 7) is 14.0. The molecule has 57 heavy (non-hydrogen) atoms. The minimum Gasteiger partial charge on any atom is -0.507 e. The Labute approximate surface area is 347 Å². The number of phenolic OH excluding ortho intramolecular Hbond substituents is 1. The van der Waals surface area contributed by atoms with Gasteiger partial charge in [-0.1, -0.05) is 138 Å². The molecule has 0 aliphatic heterocycles. The van der Waals surface area contributed by atoms with E-state index in [-0.39, 0.29) is 22.1 Å². The largest absolute Gasteiger partial charge is 0.507 e. The zero-order valence-electron chi connectivity index (χ0n) is 40.8. The predicted molar refractivity (Wildman–Crippen MR) is 239 cm³/mol. The second kappa shape index (κ2) is 14.4. The van der Waals surface area contributed by atoms with Crippen molar-refractivity contribution in [2.24, 2.45) is 0 Å². The average Bonchev–Trinajstić information content (AvgIpc) is 3.62. The number of nitrogens with zero attached hydrogens (tertiary/aromatic N) is 3. The Hall–Kier alpha value is -6.26. The lowest BCUT2D eigenvalue weighted by Crippen LogP contribution is -2.12. The number of hydrogen-bond donors (Lipinski definition) is 1. The number of aromatic hydroxyl groups is 1. The molecular weight excluding hydrogens is 695 g/mol. The van der Waals surface area contributed by atoms with Gasteiger partial charge in [0.15, 0.2) is 0 Å². The van der Waals surface area contributed by atoms with Crippen molar-refractivity contribution < 1.29 is 14.7 Å². The first-order chi connectivity index (χ1) is 30.0. The molecule has 4 heteroatoms. The zero-order chi connectivity index (χ0) is 46.2. The Kier molecular flexibility index (Phi) is 7.54. The number of aryl methyl sites for hydroxylation is 2. The molecule has 0 radical (unpaired) electrons.